The zero-order valence-corrected chi connectivity index (χ0v) is 8.59. The maximum atomic E-state index is 5.87. The molecule has 0 aliphatic rings. The summed E-state index contributed by atoms with van der Waals surface area (Å²) in [6.45, 7) is 3.68. The van der Waals surface area contributed by atoms with Crippen molar-refractivity contribution in [3.8, 4) is 0 Å². The number of hydrogen-bond acceptors (Lipinski definition) is 2. The summed E-state index contributed by atoms with van der Waals surface area (Å²) >= 11 is 14.7. The maximum Gasteiger partial charge on any atom is 0.158 e. The lowest BCUT2D eigenvalue weighted by Crippen LogP contribution is -2.05. The molecule has 11 heavy (non-hydrogen) atoms. The number of aromatic nitrogens is 2. The molecular weight excluding hydrogens is 200 g/mol. The summed E-state index contributed by atoms with van der Waals surface area (Å²) in [7, 11) is 0. The fourth-order valence-electron chi connectivity index (χ4n) is 0.810. The number of thiocarbonyl (C=S) groups is 1. The molecule has 5 heteroatoms. The second-order valence-corrected chi connectivity index (χ2v) is 3.67. The first-order valence-corrected chi connectivity index (χ1v) is 4.22. The fraction of sp³-hybridized carbons (Fsp3) is 0.333. The van der Waals surface area contributed by atoms with Crippen LogP contribution in [0, 0.1) is 13.8 Å². The molecule has 60 valence electrons. The van der Waals surface area contributed by atoms with Crippen molar-refractivity contribution in [2.24, 2.45) is 0 Å². The van der Waals surface area contributed by atoms with Gasteiger partial charge in [0.2, 0.25) is 0 Å². The van der Waals surface area contributed by atoms with Gasteiger partial charge >= 0.3 is 0 Å². The maximum absolute atomic E-state index is 5.87. The average molecular weight is 207 g/mol. The molecule has 2 nitrogen and oxygen atoms in total. The van der Waals surface area contributed by atoms with Gasteiger partial charge < -0.3 is 0 Å². The van der Waals surface area contributed by atoms with Gasteiger partial charge in [-0.15, -0.1) is 12.6 Å². The fourth-order valence-corrected chi connectivity index (χ4v) is 1.30. The summed E-state index contributed by atoms with van der Waals surface area (Å²) in [4.78, 5) is 0. The lowest BCUT2D eigenvalue weighted by atomic mass is 10.4. The summed E-state index contributed by atoms with van der Waals surface area (Å²) < 4.78 is 1.95. The van der Waals surface area contributed by atoms with Gasteiger partial charge in [-0.05, 0) is 13.8 Å². The lowest BCUT2D eigenvalue weighted by Gasteiger charge is -1.97. The van der Waals surface area contributed by atoms with Crippen LogP contribution in [0.15, 0.2) is 0 Å². The summed E-state index contributed by atoms with van der Waals surface area (Å²) in [6.07, 6.45) is 0. The normalized spacial score (nSPS) is 10.2. The highest BCUT2D eigenvalue weighted by Gasteiger charge is 2.09. The van der Waals surface area contributed by atoms with Crippen molar-refractivity contribution in [1.29, 1.82) is 0 Å². The van der Waals surface area contributed by atoms with Crippen LogP contribution in [0.3, 0.4) is 0 Å². The Morgan fingerprint density at radius 1 is 1.64 bits per heavy atom. The third-order valence-corrected chi connectivity index (χ3v) is 2.29. The zero-order chi connectivity index (χ0) is 8.59. The summed E-state index contributed by atoms with van der Waals surface area (Å²) in [6, 6.07) is 0. The van der Waals surface area contributed by atoms with E-state index in [1.165, 1.54) is 4.68 Å². The first-order valence-electron chi connectivity index (χ1n) is 2.99. The van der Waals surface area contributed by atoms with Crippen molar-refractivity contribution >= 4 is 40.8 Å². The molecule has 0 unspecified atom stereocenters. The largest absolute Gasteiger partial charge is 0.219 e. The van der Waals surface area contributed by atoms with Crippen LogP contribution < -0.4 is 0 Å². The van der Waals surface area contributed by atoms with E-state index in [-0.39, 0.29) is 0 Å². The Bertz CT molecular complexity index is 306. The Kier molecular flexibility index (Phi) is 2.57. The first-order chi connectivity index (χ1) is 5.04. The van der Waals surface area contributed by atoms with E-state index in [2.05, 4.69) is 17.7 Å². The predicted molar refractivity (Wildman–Crippen MR) is 53.7 cm³/mol. The number of nitrogens with zero attached hydrogens (tertiary/aromatic N) is 2. The van der Waals surface area contributed by atoms with Crippen LogP contribution in [-0.4, -0.2) is 14.1 Å². The minimum Gasteiger partial charge on any atom is -0.219 e. The molecule has 0 aliphatic heterocycles. The third-order valence-electron chi connectivity index (χ3n) is 1.38. The van der Waals surface area contributed by atoms with Crippen molar-refractivity contribution in [1.82, 2.24) is 9.78 Å². The Morgan fingerprint density at radius 2 is 2.18 bits per heavy atom. The second-order valence-electron chi connectivity index (χ2n) is 2.18. The van der Waals surface area contributed by atoms with Crippen LogP contribution in [0.25, 0.3) is 0 Å². The van der Waals surface area contributed by atoms with Crippen LogP contribution in [0.4, 0.5) is 0 Å². The number of halogens is 1. The molecule has 0 amide bonds. The average Bonchev–Trinajstić information content (AvgIpc) is 2.17. The molecule has 1 aromatic heterocycles. The molecular formula is C6H7ClN2S2. The molecule has 0 saturated carbocycles. The third kappa shape index (κ3) is 1.58. The molecule has 0 radical (unpaired) electrons. The molecule has 1 aromatic rings. The van der Waals surface area contributed by atoms with Crippen molar-refractivity contribution in [2.75, 3.05) is 0 Å². The molecule has 0 fully saturated rings. The van der Waals surface area contributed by atoms with E-state index in [1.54, 1.807) is 0 Å². The van der Waals surface area contributed by atoms with Gasteiger partial charge in [0.25, 0.3) is 0 Å². The summed E-state index contributed by atoms with van der Waals surface area (Å²) in [5.74, 6) is 0. The molecule has 0 aliphatic carbocycles. The molecule has 0 saturated heterocycles. The van der Waals surface area contributed by atoms with Crippen LogP contribution in [0.1, 0.15) is 11.4 Å². The topological polar surface area (TPSA) is 17.8 Å². The van der Waals surface area contributed by atoms with Crippen LogP contribution in [0.2, 0.25) is 5.02 Å². The summed E-state index contributed by atoms with van der Waals surface area (Å²) in [5.41, 5.74) is 1.62. The van der Waals surface area contributed by atoms with E-state index in [9.17, 15) is 0 Å². The number of hydrogen-bond donors (Lipinski definition) is 1. The van der Waals surface area contributed by atoms with Gasteiger partial charge in [-0.25, -0.2) is 4.68 Å². The van der Waals surface area contributed by atoms with Gasteiger partial charge in [0.15, 0.2) is 4.32 Å². The number of rotatable bonds is 0. The van der Waals surface area contributed by atoms with Crippen molar-refractivity contribution in [2.45, 2.75) is 13.8 Å². The molecule has 0 N–H and O–H groups in total. The van der Waals surface area contributed by atoms with Crippen molar-refractivity contribution < 1.29 is 0 Å². The number of thiol groups is 1. The molecule has 0 bridgehead atoms. The standard InChI is InChI=1S/C6H7ClN2S2/c1-3-5(7)4(2)9(8-3)6(10)11/h1-2H3,(H,10,11). The highest BCUT2D eigenvalue weighted by Crippen LogP contribution is 2.19. The van der Waals surface area contributed by atoms with Gasteiger partial charge in [0, 0.05) is 0 Å². The SMILES string of the molecule is Cc1nn(C(=S)S)c(C)c1Cl. The first kappa shape index (κ1) is 9.03. The summed E-state index contributed by atoms with van der Waals surface area (Å²) in [5, 5.41) is 4.73. The van der Waals surface area contributed by atoms with E-state index >= 15 is 0 Å². The quantitative estimate of drug-likeness (QED) is 0.518. The van der Waals surface area contributed by atoms with Crippen LogP contribution in [-0.2, 0) is 0 Å². The predicted octanol–water partition coefficient (Wildman–Crippen LogP) is 2.22. The Hall–Kier alpha value is -0.0600. The van der Waals surface area contributed by atoms with Crippen LogP contribution >= 0.6 is 36.4 Å². The van der Waals surface area contributed by atoms with Crippen molar-refractivity contribution in [3.05, 3.63) is 16.4 Å². The molecule has 1 rings (SSSR count). The number of aryl methyl sites for hydroxylation is 1. The highest BCUT2D eigenvalue weighted by molar-refractivity contribution is 8.11. The minimum atomic E-state index is 0.414. The molecule has 0 spiro atoms. The van der Waals surface area contributed by atoms with Gasteiger partial charge in [-0.1, -0.05) is 23.8 Å². The van der Waals surface area contributed by atoms with E-state index in [1.807, 2.05) is 13.8 Å². The van der Waals surface area contributed by atoms with E-state index in [0.29, 0.717) is 9.34 Å². The van der Waals surface area contributed by atoms with Gasteiger partial charge in [0.05, 0.1) is 16.4 Å². The van der Waals surface area contributed by atoms with E-state index < -0.39 is 0 Å². The van der Waals surface area contributed by atoms with Gasteiger partial charge in [-0.3, -0.25) is 0 Å². The molecule has 0 aromatic carbocycles. The van der Waals surface area contributed by atoms with E-state index in [0.717, 1.165) is 11.4 Å². The smallest absolute Gasteiger partial charge is 0.158 e. The van der Waals surface area contributed by atoms with Crippen molar-refractivity contribution in [3.63, 3.8) is 0 Å². The Labute approximate surface area is 81.0 Å². The lowest BCUT2D eigenvalue weighted by molar-refractivity contribution is 0.907. The second kappa shape index (κ2) is 3.13. The van der Waals surface area contributed by atoms with Gasteiger partial charge in [-0.2, -0.15) is 5.10 Å². The molecule has 1 heterocycles. The molecule has 0 atom stereocenters. The van der Waals surface area contributed by atoms with Gasteiger partial charge in [0.1, 0.15) is 0 Å². The Balaban J connectivity index is 3.29. The minimum absolute atomic E-state index is 0.414. The Morgan fingerprint density at radius 3 is 2.36 bits per heavy atom. The zero-order valence-electron chi connectivity index (χ0n) is 6.13. The van der Waals surface area contributed by atoms with E-state index in [4.69, 9.17) is 23.8 Å². The monoisotopic (exact) mass is 206 g/mol. The van der Waals surface area contributed by atoms with Crippen LogP contribution in [0.5, 0.6) is 0 Å². The highest BCUT2D eigenvalue weighted by atomic mass is 35.5.